The summed E-state index contributed by atoms with van der Waals surface area (Å²) in [5.74, 6) is -0.466. The van der Waals surface area contributed by atoms with Crippen molar-refractivity contribution in [1.29, 1.82) is 0 Å². The van der Waals surface area contributed by atoms with Crippen LogP contribution < -0.4 is 5.32 Å². The van der Waals surface area contributed by atoms with Gasteiger partial charge in [-0.3, -0.25) is 14.9 Å². The number of nitrogens with zero attached hydrogens (tertiary/aromatic N) is 3. The molecule has 8 heteroatoms. The second-order valence-corrected chi connectivity index (χ2v) is 4.31. The van der Waals surface area contributed by atoms with Crippen LogP contribution in [-0.4, -0.2) is 21.0 Å². The minimum absolute atomic E-state index is 0.0354. The third-order valence-electron chi connectivity index (χ3n) is 2.54. The number of halogens is 1. The number of carbonyl (C=O) groups excluding carboxylic acids is 1. The van der Waals surface area contributed by atoms with Gasteiger partial charge in [0.15, 0.2) is 11.0 Å². The molecule has 1 heterocycles. The number of nitro groups is 1. The van der Waals surface area contributed by atoms with Gasteiger partial charge in [-0.05, 0) is 25.1 Å². The van der Waals surface area contributed by atoms with E-state index in [1.54, 1.807) is 19.1 Å². The van der Waals surface area contributed by atoms with E-state index in [1.165, 1.54) is 18.2 Å². The molecule has 0 aliphatic heterocycles. The molecule has 0 unspecified atom stereocenters. The highest BCUT2D eigenvalue weighted by Gasteiger charge is 2.22. The molecule has 2 aromatic rings. The highest BCUT2D eigenvalue weighted by atomic mass is 35.5. The molecule has 1 aromatic carbocycles. The first-order valence-electron chi connectivity index (χ1n) is 5.53. The van der Waals surface area contributed by atoms with Crippen LogP contribution in [-0.2, 0) is 0 Å². The van der Waals surface area contributed by atoms with Crippen molar-refractivity contribution in [2.45, 2.75) is 6.92 Å². The number of hydrogen-bond acceptors (Lipinski definition) is 5. The number of carbonyl (C=O) groups is 1. The molecule has 1 amide bonds. The van der Waals surface area contributed by atoms with Crippen LogP contribution in [0.25, 0.3) is 0 Å². The lowest BCUT2D eigenvalue weighted by Gasteiger charge is -2.06. The molecule has 0 spiro atoms. The van der Waals surface area contributed by atoms with E-state index in [1.807, 2.05) is 0 Å². The zero-order chi connectivity index (χ0) is 14.7. The number of benzene rings is 1. The summed E-state index contributed by atoms with van der Waals surface area (Å²) in [5, 5.41) is 20.9. The van der Waals surface area contributed by atoms with Crippen molar-refractivity contribution in [2.75, 3.05) is 5.32 Å². The Hall–Kier alpha value is -2.54. The van der Waals surface area contributed by atoms with Crippen molar-refractivity contribution >= 4 is 29.0 Å². The number of anilines is 1. The molecule has 0 radical (unpaired) electrons. The molecular weight excluding hydrogens is 284 g/mol. The van der Waals surface area contributed by atoms with Crippen LogP contribution in [0.5, 0.6) is 0 Å². The summed E-state index contributed by atoms with van der Waals surface area (Å²) >= 11 is 5.58. The van der Waals surface area contributed by atoms with Crippen LogP contribution >= 0.6 is 11.6 Å². The van der Waals surface area contributed by atoms with Crippen molar-refractivity contribution < 1.29 is 9.72 Å². The van der Waals surface area contributed by atoms with Crippen LogP contribution in [0.3, 0.4) is 0 Å². The molecule has 0 fully saturated rings. The van der Waals surface area contributed by atoms with Crippen molar-refractivity contribution in [1.82, 2.24) is 10.2 Å². The molecule has 0 aliphatic carbocycles. The fraction of sp³-hybridized carbons (Fsp3) is 0.0833. The van der Waals surface area contributed by atoms with Gasteiger partial charge in [0.1, 0.15) is 5.56 Å². The lowest BCUT2D eigenvalue weighted by atomic mass is 10.1. The van der Waals surface area contributed by atoms with Crippen LogP contribution in [0.15, 0.2) is 30.3 Å². The van der Waals surface area contributed by atoms with Gasteiger partial charge < -0.3 is 5.32 Å². The second kappa shape index (κ2) is 5.62. The average molecular weight is 293 g/mol. The van der Waals surface area contributed by atoms with Crippen LogP contribution in [0.1, 0.15) is 15.9 Å². The van der Waals surface area contributed by atoms with Gasteiger partial charge in [-0.25, -0.2) is 0 Å². The Morgan fingerprint density at radius 3 is 2.65 bits per heavy atom. The number of nitro benzene ring substituents is 1. The maximum atomic E-state index is 12.1. The summed E-state index contributed by atoms with van der Waals surface area (Å²) in [6, 6.07) is 7.43. The maximum absolute atomic E-state index is 12.1. The Bertz CT molecular complexity index is 673. The van der Waals surface area contributed by atoms with E-state index in [9.17, 15) is 14.9 Å². The quantitative estimate of drug-likeness (QED) is 0.692. The highest BCUT2D eigenvalue weighted by molar-refractivity contribution is 6.29. The number of aromatic nitrogens is 2. The summed E-state index contributed by atoms with van der Waals surface area (Å²) in [7, 11) is 0. The molecule has 102 valence electrons. The minimum Gasteiger partial charge on any atom is -0.305 e. The summed E-state index contributed by atoms with van der Waals surface area (Å²) in [5.41, 5.74) is 0.142. The van der Waals surface area contributed by atoms with Gasteiger partial charge in [0.25, 0.3) is 11.6 Å². The van der Waals surface area contributed by atoms with Gasteiger partial charge in [0, 0.05) is 5.56 Å². The van der Waals surface area contributed by atoms with Crippen LogP contribution in [0.4, 0.5) is 11.5 Å². The number of hydrogen-bond donors (Lipinski definition) is 1. The second-order valence-electron chi connectivity index (χ2n) is 3.92. The summed E-state index contributed by atoms with van der Waals surface area (Å²) in [6.07, 6.45) is 0. The molecule has 2 rings (SSSR count). The van der Waals surface area contributed by atoms with Gasteiger partial charge >= 0.3 is 0 Å². The number of rotatable bonds is 3. The topological polar surface area (TPSA) is 98.0 Å². The standard InChI is InChI=1S/C12H9ClN4O3/c1-7-3-2-4-8(11(7)17(19)20)12(18)14-10-6-5-9(13)15-16-10/h2-6H,1H3,(H,14,16,18). The maximum Gasteiger partial charge on any atom is 0.285 e. The van der Waals surface area contributed by atoms with E-state index in [0.29, 0.717) is 5.56 Å². The van der Waals surface area contributed by atoms with Crippen molar-refractivity contribution in [3.8, 4) is 0 Å². The predicted molar refractivity (Wildman–Crippen MR) is 72.8 cm³/mol. The van der Waals surface area contributed by atoms with Gasteiger partial charge in [0.05, 0.1) is 4.92 Å². The van der Waals surface area contributed by atoms with E-state index in [-0.39, 0.29) is 22.2 Å². The largest absolute Gasteiger partial charge is 0.305 e. The van der Waals surface area contributed by atoms with Crippen LogP contribution in [0.2, 0.25) is 5.15 Å². The number of aryl methyl sites for hydroxylation is 1. The number of nitrogens with one attached hydrogen (secondary N) is 1. The van der Waals surface area contributed by atoms with E-state index < -0.39 is 10.8 Å². The monoisotopic (exact) mass is 292 g/mol. The summed E-state index contributed by atoms with van der Waals surface area (Å²) < 4.78 is 0. The average Bonchev–Trinajstić information content (AvgIpc) is 2.40. The Balaban J connectivity index is 2.32. The predicted octanol–water partition coefficient (Wildman–Crippen LogP) is 2.60. The molecule has 0 atom stereocenters. The van der Waals surface area contributed by atoms with Gasteiger partial charge in [-0.1, -0.05) is 23.7 Å². The Labute approximate surface area is 118 Å². The third-order valence-corrected chi connectivity index (χ3v) is 2.74. The molecule has 1 aromatic heterocycles. The first-order valence-corrected chi connectivity index (χ1v) is 5.91. The molecule has 0 saturated carbocycles. The molecular formula is C12H9ClN4O3. The van der Waals surface area contributed by atoms with Gasteiger partial charge in [0.2, 0.25) is 0 Å². The van der Waals surface area contributed by atoms with E-state index in [2.05, 4.69) is 15.5 Å². The van der Waals surface area contributed by atoms with E-state index in [0.717, 1.165) is 0 Å². The van der Waals surface area contributed by atoms with Crippen molar-refractivity contribution in [3.63, 3.8) is 0 Å². The summed E-state index contributed by atoms with van der Waals surface area (Å²) in [4.78, 5) is 22.5. The zero-order valence-corrected chi connectivity index (χ0v) is 11.1. The zero-order valence-electron chi connectivity index (χ0n) is 10.3. The Morgan fingerprint density at radius 2 is 2.05 bits per heavy atom. The molecule has 0 saturated heterocycles. The minimum atomic E-state index is -0.628. The highest BCUT2D eigenvalue weighted by Crippen LogP contribution is 2.23. The van der Waals surface area contributed by atoms with Crippen LogP contribution in [0, 0.1) is 17.0 Å². The fourth-order valence-electron chi connectivity index (χ4n) is 1.65. The summed E-state index contributed by atoms with van der Waals surface area (Å²) in [6.45, 7) is 1.57. The molecule has 1 N–H and O–H groups in total. The normalized spacial score (nSPS) is 10.1. The third kappa shape index (κ3) is 2.89. The SMILES string of the molecule is Cc1cccc(C(=O)Nc2ccc(Cl)nn2)c1[N+](=O)[O-]. The molecule has 20 heavy (non-hydrogen) atoms. The molecule has 0 bridgehead atoms. The van der Waals surface area contributed by atoms with E-state index >= 15 is 0 Å². The fourth-order valence-corrected chi connectivity index (χ4v) is 1.75. The smallest absolute Gasteiger partial charge is 0.285 e. The lowest BCUT2D eigenvalue weighted by Crippen LogP contribution is -2.15. The van der Waals surface area contributed by atoms with E-state index in [4.69, 9.17) is 11.6 Å². The Morgan fingerprint density at radius 1 is 1.30 bits per heavy atom. The number of para-hydroxylation sites is 1. The van der Waals surface area contributed by atoms with Gasteiger partial charge in [-0.2, -0.15) is 0 Å². The molecule has 7 nitrogen and oxygen atoms in total. The van der Waals surface area contributed by atoms with Crippen molar-refractivity contribution in [2.24, 2.45) is 0 Å². The van der Waals surface area contributed by atoms with Gasteiger partial charge in [-0.15, -0.1) is 10.2 Å². The number of amides is 1. The first-order chi connectivity index (χ1) is 9.49. The van der Waals surface area contributed by atoms with Crippen molar-refractivity contribution in [3.05, 3.63) is 56.7 Å². The first kappa shape index (κ1) is 13.9. The Kier molecular flexibility index (Phi) is 3.90. The molecule has 0 aliphatic rings. The lowest BCUT2D eigenvalue weighted by molar-refractivity contribution is -0.385.